The number of nitrogens with zero attached hydrogens (tertiary/aromatic N) is 1. The zero-order valence-electron chi connectivity index (χ0n) is 11.8. The molecule has 1 fully saturated rings. The first-order valence-corrected chi connectivity index (χ1v) is 7.88. The Hall–Kier alpha value is -1.77. The number of nitrogen functional groups attached to an aromatic ring is 2. The van der Waals surface area contributed by atoms with E-state index in [9.17, 15) is 24.7 Å². The minimum absolute atomic E-state index is 0.265. The Bertz CT molecular complexity index is 707. The third-order valence-corrected chi connectivity index (χ3v) is 3.57. The number of anilines is 3. The lowest BCUT2D eigenvalue weighted by Crippen LogP contribution is -2.40. The molecule has 15 heteroatoms. The van der Waals surface area contributed by atoms with Crippen molar-refractivity contribution in [2.75, 3.05) is 16.8 Å². The van der Waals surface area contributed by atoms with Crippen LogP contribution >= 0.6 is 7.82 Å². The van der Waals surface area contributed by atoms with Gasteiger partial charge >= 0.3 is 7.82 Å². The summed E-state index contributed by atoms with van der Waals surface area (Å²) in [5, 5.41) is 31.6. The van der Waals surface area contributed by atoms with Crippen molar-refractivity contribution < 1.29 is 38.9 Å². The van der Waals surface area contributed by atoms with Crippen molar-refractivity contribution in [3.63, 3.8) is 0 Å². The molecule has 1 aliphatic heterocycles. The second-order valence-electron chi connectivity index (χ2n) is 4.85. The first-order valence-electron chi connectivity index (χ1n) is 6.35. The Balaban J connectivity index is 2.16. The van der Waals surface area contributed by atoms with Crippen LogP contribution in [0.5, 0.6) is 0 Å². The van der Waals surface area contributed by atoms with Gasteiger partial charge in [0, 0.05) is 0 Å². The van der Waals surface area contributed by atoms with Crippen LogP contribution in [-0.2, 0) is 13.8 Å². The van der Waals surface area contributed by atoms with Crippen molar-refractivity contribution in [3.8, 4) is 0 Å². The van der Waals surface area contributed by atoms with Gasteiger partial charge in [0.2, 0.25) is 5.95 Å². The van der Waals surface area contributed by atoms with E-state index in [4.69, 9.17) is 26.0 Å². The molecule has 24 heavy (non-hydrogen) atoms. The van der Waals surface area contributed by atoms with Gasteiger partial charge in [-0.15, -0.1) is 0 Å². The highest BCUT2D eigenvalue weighted by atomic mass is 31.2. The van der Waals surface area contributed by atoms with E-state index in [0.717, 1.165) is 0 Å². The summed E-state index contributed by atoms with van der Waals surface area (Å²) in [4.78, 5) is 34.5. The SMILES string of the molecule is Nc1nc(NC2O[C@H](C(O)OP(=O)(O)O)[C@@H](O)[C@H]2O)c(N)c(=O)[nH]1. The molecule has 0 aromatic carbocycles. The molecule has 0 aliphatic carbocycles. The van der Waals surface area contributed by atoms with Gasteiger partial charge in [-0.05, 0) is 0 Å². The van der Waals surface area contributed by atoms with Crippen LogP contribution in [0.25, 0.3) is 0 Å². The molecule has 14 nitrogen and oxygen atoms in total. The second kappa shape index (κ2) is 6.62. The lowest BCUT2D eigenvalue weighted by Gasteiger charge is -2.21. The number of H-pyrrole nitrogens is 1. The fourth-order valence-corrected chi connectivity index (χ4v) is 2.41. The number of nitrogens with one attached hydrogen (secondary N) is 2. The van der Waals surface area contributed by atoms with E-state index in [1.807, 2.05) is 0 Å². The summed E-state index contributed by atoms with van der Waals surface area (Å²) in [6.45, 7) is 0. The number of hydrogen-bond acceptors (Lipinski definition) is 11. The summed E-state index contributed by atoms with van der Waals surface area (Å²) in [5.41, 5.74) is 9.69. The van der Waals surface area contributed by atoms with Crippen molar-refractivity contribution in [3.05, 3.63) is 10.4 Å². The van der Waals surface area contributed by atoms with Gasteiger partial charge in [0.15, 0.2) is 18.3 Å². The van der Waals surface area contributed by atoms with Crippen LogP contribution in [0.15, 0.2) is 4.79 Å². The lowest BCUT2D eigenvalue weighted by molar-refractivity contribution is -0.151. The Kier molecular flexibility index (Phi) is 5.12. The highest BCUT2D eigenvalue weighted by Crippen LogP contribution is 2.39. The molecule has 5 atom stereocenters. The maximum absolute atomic E-state index is 11.5. The Morgan fingerprint density at radius 1 is 1.33 bits per heavy atom. The number of hydrogen-bond donors (Lipinski definition) is 9. The molecule has 1 aliphatic rings. The van der Waals surface area contributed by atoms with E-state index in [1.165, 1.54) is 0 Å². The monoisotopic (exact) mass is 369 g/mol. The van der Waals surface area contributed by atoms with Crippen LogP contribution in [0.4, 0.5) is 17.5 Å². The number of phosphoric ester groups is 1. The first kappa shape index (κ1) is 18.6. The van der Waals surface area contributed by atoms with Gasteiger partial charge in [0.05, 0.1) is 0 Å². The molecular weight excluding hydrogens is 353 g/mol. The molecule has 1 aromatic heterocycles. The summed E-state index contributed by atoms with van der Waals surface area (Å²) >= 11 is 0. The normalized spacial score (nSPS) is 28.7. The Labute approximate surface area is 133 Å². The molecule has 2 heterocycles. The number of aliphatic hydroxyl groups is 3. The third-order valence-electron chi connectivity index (χ3n) is 3.08. The van der Waals surface area contributed by atoms with Crippen LogP contribution in [0, 0.1) is 0 Å². The van der Waals surface area contributed by atoms with Gasteiger partial charge in [0.25, 0.3) is 5.56 Å². The molecule has 2 unspecified atom stereocenters. The van der Waals surface area contributed by atoms with E-state index < -0.39 is 44.2 Å². The first-order chi connectivity index (χ1) is 11.0. The summed E-state index contributed by atoms with van der Waals surface area (Å²) in [6, 6.07) is 0. The molecule has 0 amide bonds. The predicted octanol–water partition coefficient (Wildman–Crippen LogP) is -3.78. The van der Waals surface area contributed by atoms with Crippen LogP contribution in [-0.4, -0.2) is 65.9 Å². The maximum Gasteiger partial charge on any atom is 0.472 e. The molecule has 2 rings (SSSR count). The summed E-state index contributed by atoms with van der Waals surface area (Å²) in [5.74, 6) is -0.551. The van der Waals surface area contributed by atoms with Gasteiger partial charge in [0.1, 0.15) is 24.0 Å². The number of rotatable bonds is 5. The van der Waals surface area contributed by atoms with Gasteiger partial charge in [-0.2, -0.15) is 4.98 Å². The number of nitrogens with two attached hydrogens (primary N) is 2. The third kappa shape index (κ3) is 4.00. The molecule has 0 bridgehead atoms. The molecule has 136 valence electrons. The van der Waals surface area contributed by atoms with Crippen molar-refractivity contribution in [1.82, 2.24) is 9.97 Å². The number of aromatic nitrogens is 2. The molecule has 0 radical (unpaired) electrons. The lowest BCUT2D eigenvalue weighted by atomic mass is 10.1. The van der Waals surface area contributed by atoms with E-state index in [2.05, 4.69) is 19.8 Å². The van der Waals surface area contributed by atoms with Crippen LogP contribution in [0.3, 0.4) is 0 Å². The summed E-state index contributed by atoms with van der Waals surface area (Å²) in [7, 11) is -5.07. The van der Waals surface area contributed by atoms with Crippen molar-refractivity contribution in [2.24, 2.45) is 0 Å². The molecule has 11 N–H and O–H groups in total. The van der Waals surface area contributed by atoms with Crippen LogP contribution in [0.2, 0.25) is 0 Å². The van der Waals surface area contributed by atoms with E-state index in [1.54, 1.807) is 0 Å². The molecule has 0 spiro atoms. The van der Waals surface area contributed by atoms with E-state index >= 15 is 0 Å². The quantitative estimate of drug-likeness (QED) is 0.179. The predicted molar refractivity (Wildman–Crippen MR) is 77.1 cm³/mol. The number of aliphatic hydroxyl groups excluding tert-OH is 3. The van der Waals surface area contributed by atoms with E-state index in [0.29, 0.717) is 0 Å². The van der Waals surface area contributed by atoms with Gasteiger partial charge < -0.3 is 46.6 Å². The number of phosphoric acid groups is 1. The zero-order chi connectivity index (χ0) is 18.2. The van der Waals surface area contributed by atoms with Gasteiger partial charge in [-0.1, -0.05) is 0 Å². The average molecular weight is 369 g/mol. The topological polar surface area (TPSA) is 246 Å². The molecule has 1 saturated heterocycles. The summed E-state index contributed by atoms with van der Waals surface area (Å²) in [6.07, 6.45) is -8.82. The molecular formula is C9H16N5O9P. The Morgan fingerprint density at radius 2 is 1.96 bits per heavy atom. The van der Waals surface area contributed by atoms with Crippen molar-refractivity contribution >= 4 is 25.3 Å². The zero-order valence-corrected chi connectivity index (χ0v) is 12.7. The van der Waals surface area contributed by atoms with Crippen LogP contribution in [0.1, 0.15) is 0 Å². The second-order valence-corrected chi connectivity index (χ2v) is 6.04. The largest absolute Gasteiger partial charge is 0.472 e. The highest BCUT2D eigenvalue weighted by molar-refractivity contribution is 7.46. The van der Waals surface area contributed by atoms with Gasteiger partial charge in [-0.3, -0.25) is 14.3 Å². The van der Waals surface area contributed by atoms with Crippen LogP contribution < -0.4 is 22.3 Å². The highest BCUT2D eigenvalue weighted by Gasteiger charge is 2.48. The molecule has 1 aromatic rings. The number of aromatic amines is 1. The number of ether oxygens (including phenoxy) is 1. The van der Waals surface area contributed by atoms with Gasteiger partial charge in [-0.25, -0.2) is 4.57 Å². The Morgan fingerprint density at radius 3 is 2.54 bits per heavy atom. The minimum Gasteiger partial charge on any atom is -0.391 e. The molecule has 0 saturated carbocycles. The van der Waals surface area contributed by atoms with Crippen molar-refractivity contribution in [1.29, 1.82) is 0 Å². The summed E-state index contributed by atoms with van der Waals surface area (Å²) < 4.78 is 19.7. The standard InChI is InChI=1S/C9H16N5O9P/c10-1-5(13-9(11)14-6(1)17)12-7-3(16)2(15)4(22-7)8(18)23-24(19,20)21/h2-4,7-8,15-16,18H,10H2,(H2,19,20,21)(H4,11,12,13,14,17)/t2-,3+,4-,7?,8?/m0/s1. The van der Waals surface area contributed by atoms with Crippen molar-refractivity contribution in [2.45, 2.75) is 30.8 Å². The fraction of sp³-hybridized carbons (Fsp3) is 0.556. The fourth-order valence-electron chi connectivity index (χ4n) is 2.00. The average Bonchev–Trinajstić information content (AvgIpc) is 2.71. The minimum atomic E-state index is -5.07. The smallest absolute Gasteiger partial charge is 0.391 e. The van der Waals surface area contributed by atoms with E-state index in [-0.39, 0.29) is 17.5 Å². The maximum atomic E-state index is 11.5.